The highest BCUT2D eigenvalue weighted by Crippen LogP contribution is 2.15. The van der Waals surface area contributed by atoms with Crippen LogP contribution in [0.3, 0.4) is 0 Å². The van der Waals surface area contributed by atoms with E-state index in [2.05, 4.69) is 48.2 Å². The second-order valence-electron chi connectivity index (χ2n) is 6.21. The molecule has 2 N–H and O–H groups in total. The molecule has 0 aliphatic heterocycles. The SMILES string of the molecule is C=c1c(-c2nc3ccncc3[nH]2)n[nH]/c1=C/C=C(\C)c1cnc(C)n1C. The zero-order valence-corrected chi connectivity index (χ0v) is 14.9. The monoisotopic (exact) mass is 345 g/mol. The summed E-state index contributed by atoms with van der Waals surface area (Å²) in [6.45, 7) is 8.19. The molecule has 4 heterocycles. The summed E-state index contributed by atoms with van der Waals surface area (Å²) in [6, 6.07) is 1.86. The van der Waals surface area contributed by atoms with Crippen molar-refractivity contribution in [1.82, 2.24) is 34.7 Å². The molecule has 7 heteroatoms. The van der Waals surface area contributed by atoms with E-state index in [4.69, 9.17) is 0 Å². The van der Waals surface area contributed by atoms with Crippen LogP contribution in [-0.2, 0) is 7.05 Å². The maximum Gasteiger partial charge on any atom is 0.159 e. The van der Waals surface area contributed by atoms with Crippen LogP contribution in [-0.4, -0.2) is 34.7 Å². The first-order valence-corrected chi connectivity index (χ1v) is 8.25. The largest absolute Gasteiger partial charge is 0.335 e. The number of aromatic nitrogens is 7. The summed E-state index contributed by atoms with van der Waals surface area (Å²) in [6.07, 6.45) is 9.35. The molecule has 0 bridgehead atoms. The highest BCUT2D eigenvalue weighted by molar-refractivity contribution is 5.77. The molecule has 0 saturated carbocycles. The molecule has 0 unspecified atom stereocenters. The molecule has 0 aromatic carbocycles. The van der Waals surface area contributed by atoms with Gasteiger partial charge in [-0.1, -0.05) is 12.7 Å². The van der Waals surface area contributed by atoms with Gasteiger partial charge in [0.05, 0.1) is 34.5 Å². The van der Waals surface area contributed by atoms with E-state index in [-0.39, 0.29) is 0 Å². The zero-order valence-electron chi connectivity index (χ0n) is 14.9. The molecule has 26 heavy (non-hydrogen) atoms. The fraction of sp³-hybridized carbons (Fsp3) is 0.158. The van der Waals surface area contributed by atoms with E-state index >= 15 is 0 Å². The predicted molar refractivity (Wildman–Crippen MR) is 102 cm³/mol. The number of allylic oxidation sites excluding steroid dienone is 2. The number of fused-ring (bicyclic) bond motifs is 1. The summed E-state index contributed by atoms with van der Waals surface area (Å²) in [4.78, 5) is 16.2. The summed E-state index contributed by atoms with van der Waals surface area (Å²) >= 11 is 0. The normalized spacial score (nSPS) is 13.0. The Morgan fingerprint density at radius 3 is 2.88 bits per heavy atom. The molecule has 0 saturated heterocycles. The van der Waals surface area contributed by atoms with Crippen LogP contribution in [0.2, 0.25) is 0 Å². The third-order valence-corrected chi connectivity index (χ3v) is 4.53. The molecule has 0 radical (unpaired) electrons. The van der Waals surface area contributed by atoms with Crippen molar-refractivity contribution in [2.24, 2.45) is 7.05 Å². The predicted octanol–water partition coefficient (Wildman–Crippen LogP) is 1.68. The Kier molecular flexibility index (Phi) is 3.76. The first-order chi connectivity index (χ1) is 12.5. The second kappa shape index (κ2) is 6.11. The van der Waals surface area contributed by atoms with Gasteiger partial charge in [0.15, 0.2) is 5.82 Å². The summed E-state index contributed by atoms with van der Waals surface area (Å²) < 4.78 is 2.06. The molecule has 4 aromatic heterocycles. The highest BCUT2D eigenvalue weighted by atomic mass is 15.1. The molecule has 0 atom stereocenters. The van der Waals surface area contributed by atoms with Gasteiger partial charge < -0.3 is 9.55 Å². The number of H-pyrrole nitrogens is 2. The quantitative estimate of drug-likeness (QED) is 0.591. The number of aryl methyl sites for hydroxylation is 1. The number of imidazole rings is 2. The first-order valence-electron chi connectivity index (χ1n) is 8.25. The molecule has 4 rings (SSSR count). The van der Waals surface area contributed by atoms with Gasteiger partial charge in [0.2, 0.25) is 0 Å². The van der Waals surface area contributed by atoms with Crippen LogP contribution in [0, 0.1) is 6.92 Å². The summed E-state index contributed by atoms with van der Waals surface area (Å²) in [5, 5.41) is 9.04. The average Bonchev–Trinajstić information content (AvgIpc) is 3.31. The smallest absolute Gasteiger partial charge is 0.159 e. The van der Waals surface area contributed by atoms with Gasteiger partial charge >= 0.3 is 0 Å². The van der Waals surface area contributed by atoms with Gasteiger partial charge in [-0.25, -0.2) is 9.97 Å². The Balaban J connectivity index is 1.73. The molecule has 0 amide bonds. The molecular formula is C19H19N7. The maximum atomic E-state index is 4.56. The van der Waals surface area contributed by atoms with Crippen LogP contribution in [0.25, 0.3) is 40.8 Å². The Hall–Kier alpha value is -3.48. The van der Waals surface area contributed by atoms with Crippen molar-refractivity contribution in [3.63, 3.8) is 0 Å². The molecule has 0 aliphatic carbocycles. The maximum absolute atomic E-state index is 4.56. The van der Waals surface area contributed by atoms with Crippen LogP contribution in [0.1, 0.15) is 18.4 Å². The molecule has 0 fully saturated rings. The van der Waals surface area contributed by atoms with Crippen molar-refractivity contribution in [3.05, 3.63) is 52.8 Å². The fourth-order valence-electron chi connectivity index (χ4n) is 2.84. The minimum atomic E-state index is 0.678. The van der Waals surface area contributed by atoms with E-state index in [1.165, 1.54) is 0 Å². The number of nitrogens with one attached hydrogen (secondary N) is 2. The van der Waals surface area contributed by atoms with Crippen LogP contribution < -0.4 is 10.6 Å². The fourth-order valence-corrected chi connectivity index (χ4v) is 2.84. The minimum absolute atomic E-state index is 0.678. The Morgan fingerprint density at radius 2 is 2.15 bits per heavy atom. The van der Waals surface area contributed by atoms with Crippen molar-refractivity contribution in [2.45, 2.75) is 13.8 Å². The lowest BCUT2D eigenvalue weighted by Gasteiger charge is -2.02. The van der Waals surface area contributed by atoms with E-state index in [0.717, 1.165) is 38.7 Å². The molecule has 0 spiro atoms. The lowest BCUT2D eigenvalue weighted by atomic mass is 10.2. The molecule has 130 valence electrons. The van der Waals surface area contributed by atoms with Crippen LogP contribution in [0.5, 0.6) is 0 Å². The van der Waals surface area contributed by atoms with Gasteiger partial charge in [-0.15, -0.1) is 0 Å². The Morgan fingerprint density at radius 1 is 1.31 bits per heavy atom. The zero-order chi connectivity index (χ0) is 18.3. The van der Waals surface area contributed by atoms with Crippen molar-refractivity contribution in [1.29, 1.82) is 0 Å². The standard InChI is InChI=1S/C19H19N7/c1-11(17-10-21-13(3)26(17)4)5-6-14-12(2)18(25-24-14)19-22-15-7-8-20-9-16(15)23-19/h5-10,24H,2H2,1,3-4H3,(H,22,23)/b11-5+,14-6+. The van der Waals surface area contributed by atoms with E-state index < -0.39 is 0 Å². The average molecular weight is 345 g/mol. The summed E-state index contributed by atoms with van der Waals surface area (Å²) in [7, 11) is 2.01. The number of aromatic amines is 2. The number of hydrogen-bond donors (Lipinski definition) is 2. The van der Waals surface area contributed by atoms with Gasteiger partial charge in [-0.05, 0) is 31.6 Å². The highest BCUT2D eigenvalue weighted by Gasteiger charge is 2.09. The first kappa shape index (κ1) is 16.0. The van der Waals surface area contributed by atoms with Gasteiger partial charge in [-0.3, -0.25) is 10.1 Å². The van der Waals surface area contributed by atoms with E-state index in [0.29, 0.717) is 11.5 Å². The topological polar surface area (TPSA) is 88.1 Å². The number of nitrogens with zero attached hydrogens (tertiary/aromatic N) is 5. The number of pyridine rings is 1. The lowest BCUT2D eigenvalue weighted by molar-refractivity contribution is 0.845. The van der Waals surface area contributed by atoms with Crippen molar-refractivity contribution < 1.29 is 0 Å². The van der Waals surface area contributed by atoms with Gasteiger partial charge in [0.1, 0.15) is 11.5 Å². The Labute approximate surface area is 149 Å². The molecule has 4 aromatic rings. The molecule has 7 nitrogen and oxygen atoms in total. The van der Waals surface area contributed by atoms with E-state index in [9.17, 15) is 0 Å². The van der Waals surface area contributed by atoms with Gasteiger partial charge in [0, 0.05) is 18.5 Å². The third kappa shape index (κ3) is 2.63. The molecule has 0 aliphatic rings. The van der Waals surface area contributed by atoms with Crippen LogP contribution in [0.4, 0.5) is 0 Å². The second-order valence-corrected chi connectivity index (χ2v) is 6.21. The van der Waals surface area contributed by atoms with Gasteiger partial charge in [-0.2, -0.15) is 5.10 Å². The minimum Gasteiger partial charge on any atom is -0.335 e. The van der Waals surface area contributed by atoms with Crippen molar-refractivity contribution in [3.8, 4) is 11.5 Å². The van der Waals surface area contributed by atoms with E-state index in [1.807, 2.05) is 38.4 Å². The van der Waals surface area contributed by atoms with Gasteiger partial charge in [0.25, 0.3) is 0 Å². The molecular weight excluding hydrogens is 326 g/mol. The van der Waals surface area contributed by atoms with Crippen LogP contribution in [0.15, 0.2) is 30.7 Å². The summed E-state index contributed by atoms with van der Waals surface area (Å²) in [5.41, 5.74) is 4.62. The number of rotatable bonds is 3. The summed E-state index contributed by atoms with van der Waals surface area (Å²) in [5.74, 6) is 1.66. The van der Waals surface area contributed by atoms with Crippen LogP contribution >= 0.6 is 0 Å². The van der Waals surface area contributed by atoms with Crippen molar-refractivity contribution >= 4 is 29.3 Å². The number of hydrogen-bond acceptors (Lipinski definition) is 4. The Bertz CT molecular complexity index is 1200. The van der Waals surface area contributed by atoms with Crippen molar-refractivity contribution in [2.75, 3.05) is 0 Å². The lowest BCUT2D eigenvalue weighted by Crippen LogP contribution is -2.21. The van der Waals surface area contributed by atoms with E-state index in [1.54, 1.807) is 12.4 Å². The third-order valence-electron chi connectivity index (χ3n) is 4.53.